The summed E-state index contributed by atoms with van der Waals surface area (Å²) in [6.07, 6.45) is 4.25. The fraction of sp³-hybridized carbons (Fsp3) is 0.474. The average Bonchev–Trinajstić information content (AvgIpc) is 2.52. The highest BCUT2D eigenvalue weighted by molar-refractivity contribution is 6.01. The van der Waals surface area contributed by atoms with Crippen molar-refractivity contribution in [3.63, 3.8) is 0 Å². The smallest absolute Gasteiger partial charge is 0.349 e. The fourth-order valence-corrected chi connectivity index (χ4v) is 2.18. The molecule has 1 aromatic rings. The van der Waals surface area contributed by atoms with Crippen LogP contribution in [0.5, 0.6) is 0 Å². The third-order valence-electron chi connectivity index (χ3n) is 3.56. The normalized spacial score (nSPS) is 11.8. The summed E-state index contributed by atoms with van der Waals surface area (Å²) >= 11 is 0. The molecule has 22 heavy (non-hydrogen) atoms. The number of nitriles is 1. The molecule has 1 aromatic carbocycles. The van der Waals surface area contributed by atoms with Crippen molar-refractivity contribution in [3.8, 4) is 6.07 Å². The summed E-state index contributed by atoms with van der Waals surface area (Å²) < 4.78 is 5.23. The van der Waals surface area contributed by atoms with Crippen molar-refractivity contribution in [1.29, 1.82) is 5.26 Å². The average molecular weight is 299 g/mol. The molecular formula is C19H25NO2. The van der Waals surface area contributed by atoms with Gasteiger partial charge in [-0.1, -0.05) is 63.4 Å². The number of carbonyl (C=O) groups excluding carboxylic acids is 1. The molecule has 118 valence electrons. The maximum absolute atomic E-state index is 12.0. The number of esters is 1. The second kappa shape index (κ2) is 9.78. The molecule has 0 aliphatic carbocycles. The molecule has 3 heteroatoms. The molecule has 0 saturated heterocycles. The highest BCUT2D eigenvalue weighted by Gasteiger charge is 2.15. The monoisotopic (exact) mass is 299 g/mol. The summed E-state index contributed by atoms with van der Waals surface area (Å²) in [7, 11) is 0. The van der Waals surface area contributed by atoms with Gasteiger partial charge in [0.1, 0.15) is 11.6 Å². The van der Waals surface area contributed by atoms with E-state index in [1.54, 1.807) is 6.92 Å². The number of rotatable bonds is 8. The van der Waals surface area contributed by atoms with Gasteiger partial charge in [0.25, 0.3) is 0 Å². The Morgan fingerprint density at radius 2 is 1.86 bits per heavy atom. The highest BCUT2D eigenvalue weighted by atomic mass is 16.5. The van der Waals surface area contributed by atoms with E-state index < -0.39 is 5.97 Å². The number of unbranched alkanes of at least 4 members (excludes halogenated alkanes) is 2. The summed E-state index contributed by atoms with van der Waals surface area (Å²) in [5.41, 5.74) is 1.62. The first-order valence-corrected chi connectivity index (χ1v) is 7.89. The van der Waals surface area contributed by atoms with E-state index in [0.717, 1.165) is 24.8 Å². The Bertz CT molecular complexity index is 538. The van der Waals surface area contributed by atoms with Crippen LogP contribution in [0.4, 0.5) is 0 Å². The SMILES string of the molecule is CC(=C(C#N)C(=O)OCCCCCC(C)C)c1ccccc1. The van der Waals surface area contributed by atoms with Crippen LogP contribution in [0.1, 0.15) is 52.0 Å². The molecule has 0 amide bonds. The lowest BCUT2D eigenvalue weighted by Gasteiger charge is -2.08. The molecule has 0 heterocycles. The molecule has 1 rings (SSSR count). The van der Waals surface area contributed by atoms with Gasteiger partial charge >= 0.3 is 5.97 Å². The summed E-state index contributed by atoms with van der Waals surface area (Å²) in [4.78, 5) is 12.0. The molecule has 0 radical (unpaired) electrons. The molecule has 0 saturated carbocycles. The fourth-order valence-electron chi connectivity index (χ4n) is 2.18. The molecule has 0 fully saturated rings. The molecule has 0 aliphatic rings. The Morgan fingerprint density at radius 3 is 2.45 bits per heavy atom. The van der Waals surface area contributed by atoms with E-state index in [1.807, 2.05) is 36.4 Å². The van der Waals surface area contributed by atoms with E-state index in [-0.39, 0.29) is 5.57 Å². The number of nitrogens with zero attached hydrogens (tertiary/aromatic N) is 1. The predicted molar refractivity (Wildman–Crippen MR) is 88.9 cm³/mol. The Labute approximate surface area is 133 Å². The number of allylic oxidation sites excluding steroid dienone is 1. The summed E-state index contributed by atoms with van der Waals surface area (Å²) in [5.74, 6) is 0.192. The van der Waals surface area contributed by atoms with E-state index in [1.165, 1.54) is 6.42 Å². The molecule has 0 spiro atoms. The zero-order valence-electron chi connectivity index (χ0n) is 13.8. The van der Waals surface area contributed by atoms with Crippen LogP contribution in [0, 0.1) is 17.2 Å². The number of carbonyl (C=O) groups is 1. The van der Waals surface area contributed by atoms with E-state index in [4.69, 9.17) is 4.74 Å². The molecule has 3 nitrogen and oxygen atoms in total. The van der Waals surface area contributed by atoms with Crippen molar-refractivity contribution >= 4 is 11.5 Å². The van der Waals surface area contributed by atoms with Gasteiger partial charge in [-0.25, -0.2) is 4.79 Å². The van der Waals surface area contributed by atoms with Crippen LogP contribution >= 0.6 is 0 Å². The van der Waals surface area contributed by atoms with Crippen LogP contribution < -0.4 is 0 Å². The van der Waals surface area contributed by atoms with E-state index in [2.05, 4.69) is 13.8 Å². The maximum atomic E-state index is 12.0. The third kappa shape index (κ3) is 6.13. The quantitative estimate of drug-likeness (QED) is 0.301. The van der Waals surface area contributed by atoms with Gasteiger partial charge in [0.2, 0.25) is 0 Å². The summed E-state index contributed by atoms with van der Waals surface area (Å²) in [6.45, 7) is 6.56. The third-order valence-corrected chi connectivity index (χ3v) is 3.56. The van der Waals surface area contributed by atoms with Gasteiger partial charge in [0.15, 0.2) is 0 Å². The molecule has 0 aromatic heterocycles. The predicted octanol–water partition coefficient (Wildman–Crippen LogP) is 4.74. The molecule has 0 unspecified atom stereocenters. The standard InChI is InChI=1S/C19H25NO2/c1-15(2)10-6-5-9-13-22-19(21)18(14-20)16(3)17-11-7-4-8-12-17/h4,7-8,11-12,15H,5-6,9-10,13H2,1-3H3. The van der Waals surface area contributed by atoms with Gasteiger partial charge in [-0.15, -0.1) is 0 Å². The minimum Gasteiger partial charge on any atom is -0.462 e. The van der Waals surface area contributed by atoms with Crippen LogP contribution in [0.15, 0.2) is 35.9 Å². The number of benzene rings is 1. The zero-order chi connectivity index (χ0) is 16.4. The number of hydrogen-bond acceptors (Lipinski definition) is 3. The van der Waals surface area contributed by atoms with Gasteiger partial charge < -0.3 is 4.74 Å². The van der Waals surface area contributed by atoms with Crippen LogP contribution in [0.3, 0.4) is 0 Å². The highest BCUT2D eigenvalue weighted by Crippen LogP contribution is 2.18. The van der Waals surface area contributed by atoms with Crippen molar-refractivity contribution in [2.45, 2.75) is 46.5 Å². The van der Waals surface area contributed by atoms with Gasteiger partial charge in [-0.3, -0.25) is 0 Å². The number of ether oxygens (including phenoxy) is 1. The first-order valence-electron chi connectivity index (χ1n) is 7.89. The minimum atomic E-state index is -0.521. The van der Waals surface area contributed by atoms with E-state index in [9.17, 15) is 10.1 Å². The first kappa shape index (κ1) is 18.0. The van der Waals surface area contributed by atoms with Crippen molar-refractivity contribution in [1.82, 2.24) is 0 Å². The van der Waals surface area contributed by atoms with E-state index in [0.29, 0.717) is 18.1 Å². The lowest BCUT2D eigenvalue weighted by Crippen LogP contribution is -2.09. The molecule has 0 atom stereocenters. The molecule has 0 bridgehead atoms. The maximum Gasteiger partial charge on any atom is 0.349 e. The minimum absolute atomic E-state index is 0.0911. The van der Waals surface area contributed by atoms with Gasteiger partial charge in [0.05, 0.1) is 6.61 Å². The number of hydrogen-bond donors (Lipinski definition) is 0. The van der Waals surface area contributed by atoms with Crippen LogP contribution in [0.25, 0.3) is 5.57 Å². The van der Waals surface area contributed by atoms with Crippen molar-refractivity contribution in [2.75, 3.05) is 6.61 Å². The van der Waals surface area contributed by atoms with Gasteiger partial charge in [-0.05, 0) is 30.4 Å². The van der Waals surface area contributed by atoms with E-state index >= 15 is 0 Å². The van der Waals surface area contributed by atoms with Crippen molar-refractivity contribution in [2.24, 2.45) is 5.92 Å². The topological polar surface area (TPSA) is 50.1 Å². The van der Waals surface area contributed by atoms with Crippen LogP contribution in [0.2, 0.25) is 0 Å². The van der Waals surface area contributed by atoms with Crippen molar-refractivity contribution < 1.29 is 9.53 Å². The first-order chi connectivity index (χ1) is 10.6. The lowest BCUT2D eigenvalue weighted by molar-refractivity contribution is -0.138. The lowest BCUT2D eigenvalue weighted by atomic mass is 10.0. The second-order valence-corrected chi connectivity index (χ2v) is 5.86. The zero-order valence-corrected chi connectivity index (χ0v) is 13.8. The largest absolute Gasteiger partial charge is 0.462 e. The van der Waals surface area contributed by atoms with Crippen LogP contribution in [-0.2, 0) is 9.53 Å². The van der Waals surface area contributed by atoms with Gasteiger partial charge in [0, 0.05) is 0 Å². The van der Waals surface area contributed by atoms with Crippen molar-refractivity contribution in [3.05, 3.63) is 41.5 Å². The van der Waals surface area contributed by atoms with Crippen LogP contribution in [-0.4, -0.2) is 12.6 Å². The van der Waals surface area contributed by atoms with Gasteiger partial charge in [-0.2, -0.15) is 5.26 Å². The summed E-state index contributed by atoms with van der Waals surface area (Å²) in [5, 5.41) is 9.22. The Hall–Kier alpha value is -2.08. The Morgan fingerprint density at radius 1 is 1.18 bits per heavy atom. The Balaban J connectivity index is 2.50. The summed E-state index contributed by atoms with van der Waals surface area (Å²) in [6, 6.07) is 11.4. The second-order valence-electron chi connectivity index (χ2n) is 5.86. The molecule has 0 N–H and O–H groups in total. The molecular weight excluding hydrogens is 274 g/mol. The Kier molecular flexibility index (Phi) is 7.99. The molecule has 0 aliphatic heterocycles.